The van der Waals surface area contributed by atoms with Gasteiger partial charge in [-0.2, -0.15) is 0 Å². The van der Waals surface area contributed by atoms with Crippen LogP contribution in [0, 0.1) is 6.92 Å². The quantitative estimate of drug-likeness (QED) is 0.843. The molecular formula is C17H21BrN2S. The van der Waals surface area contributed by atoms with E-state index in [0.29, 0.717) is 0 Å². The standard InChI is InChI=1S/C17H21BrN2S/c1-3-19-16(12-9-8-11(2)13(18)10-12)17-20-14-6-4-5-7-15(14)21-17/h8-10,16,19H,3-7H2,1-2H3. The van der Waals surface area contributed by atoms with Crippen LogP contribution in [0.15, 0.2) is 22.7 Å². The summed E-state index contributed by atoms with van der Waals surface area (Å²) < 4.78 is 1.17. The van der Waals surface area contributed by atoms with Gasteiger partial charge in [0.2, 0.25) is 0 Å². The van der Waals surface area contributed by atoms with E-state index in [2.05, 4.69) is 53.3 Å². The molecule has 1 atom stereocenters. The molecule has 0 amide bonds. The molecule has 1 aliphatic rings. The van der Waals surface area contributed by atoms with Gasteiger partial charge < -0.3 is 5.32 Å². The van der Waals surface area contributed by atoms with Crippen molar-refractivity contribution in [2.24, 2.45) is 0 Å². The van der Waals surface area contributed by atoms with E-state index in [1.165, 1.54) is 50.4 Å². The molecule has 0 bridgehead atoms. The van der Waals surface area contributed by atoms with Crippen molar-refractivity contribution in [2.75, 3.05) is 6.54 Å². The lowest BCUT2D eigenvalue weighted by atomic mass is 10.0. The number of aromatic nitrogens is 1. The second-order valence-electron chi connectivity index (χ2n) is 5.63. The first-order chi connectivity index (χ1) is 10.2. The lowest BCUT2D eigenvalue weighted by Crippen LogP contribution is -2.22. The SMILES string of the molecule is CCNC(c1ccc(C)c(Br)c1)c1nc2c(s1)CCCC2. The number of benzene rings is 1. The highest BCUT2D eigenvalue weighted by atomic mass is 79.9. The van der Waals surface area contributed by atoms with Crippen LogP contribution in [0.5, 0.6) is 0 Å². The summed E-state index contributed by atoms with van der Waals surface area (Å²) in [5.74, 6) is 0. The Bertz CT molecular complexity index is 612. The fourth-order valence-electron chi connectivity index (χ4n) is 2.84. The van der Waals surface area contributed by atoms with Crippen LogP contribution in [0.25, 0.3) is 0 Å². The van der Waals surface area contributed by atoms with E-state index >= 15 is 0 Å². The van der Waals surface area contributed by atoms with Crippen molar-refractivity contribution in [1.29, 1.82) is 0 Å². The Kier molecular flexibility index (Phi) is 4.77. The maximum atomic E-state index is 4.94. The number of nitrogens with zero attached hydrogens (tertiary/aromatic N) is 1. The molecule has 2 aromatic rings. The molecule has 112 valence electrons. The Balaban J connectivity index is 1.96. The minimum atomic E-state index is 0.211. The largest absolute Gasteiger partial charge is 0.305 e. The first-order valence-electron chi connectivity index (χ1n) is 7.67. The second-order valence-corrected chi connectivity index (χ2v) is 7.60. The van der Waals surface area contributed by atoms with Gasteiger partial charge in [0.1, 0.15) is 5.01 Å². The minimum absolute atomic E-state index is 0.211. The molecule has 21 heavy (non-hydrogen) atoms. The summed E-state index contributed by atoms with van der Waals surface area (Å²) in [7, 11) is 0. The average molecular weight is 365 g/mol. The number of fused-ring (bicyclic) bond motifs is 1. The third kappa shape index (κ3) is 3.22. The zero-order valence-electron chi connectivity index (χ0n) is 12.6. The van der Waals surface area contributed by atoms with Crippen molar-refractivity contribution >= 4 is 27.3 Å². The molecule has 0 aliphatic heterocycles. The molecule has 1 heterocycles. The van der Waals surface area contributed by atoms with Crippen molar-refractivity contribution in [3.05, 3.63) is 49.4 Å². The third-order valence-electron chi connectivity index (χ3n) is 4.05. The van der Waals surface area contributed by atoms with Crippen LogP contribution in [0.1, 0.15) is 52.5 Å². The number of halogens is 1. The highest BCUT2D eigenvalue weighted by Crippen LogP contribution is 2.33. The van der Waals surface area contributed by atoms with Gasteiger partial charge in [0, 0.05) is 9.35 Å². The molecule has 0 saturated carbocycles. The molecule has 0 fully saturated rings. The van der Waals surface area contributed by atoms with E-state index in [9.17, 15) is 0 Å². The molecule has 1 N–H and O–H groups in total. The molecule has 0 radical (unpaired) electrons. The summed E-state index contributed by atoms with van der Waals surface area (Å²) in [4.78, 5) is 6.44. The highest BCUT2D eigenvalue weighted by Gasteiger charge is 2.22. The van der Waals surface area contributed by atoms with Crippen LogP contribution in [-0.2, 0) is 12.8 Å². The fourth-order valence-corrected chi connectivity index (χ4v) is 4.49. The van der Waals surface area contributed by atoms with Gasteiger partial charge in [-0.25, -0.2) is 4.98 Å². The summed E-state index contributed by atoms with van der Waals surface area (Å²) in [6, 6.07) is 6.83. The second kappa shape index (κ2) is 6.59. The molecule has 1 aliphatic carbocycles. The van der Waals surface area contributed by atoms with Crippen LogP contribution in [0.2, 0.25) is 0 Å². The Morgan fingerprint density at radius 2 is 2.14 bits per heavy atom. The predicted molar refractivity (Wildman–Crippen MR) is 93.2 cm³/mol. The van der Waals surface area contributed by atoms with Gasteiger partial charge in [0.25, 0.3) is 0 Å². The van der Waals surface area contributed by atoms with Crippen LogP contribution < -0.4 is 5.32 Å². The molecule has 2 nitrogen and oxygen atoms in total. The van der Waals surface area contributed by atoms with E-state index < -0.39 is 0 Å². The Hall–Kier alpha value is -0.710. The van der Waals surface area contributed by atoms with Crippen LogP contribution in [0.4, 0.5) is 0 Å². The van der Waals surface area contributed by atoms with E-state index in [0.717, 1.165) is 13.0 Å². The summed E-state index contributed by atoms with van der Waals surface area (Å²) in [5.41, 5.74) is 3.91. The maximum Gasteiger partial charge on any atom is 0.115 e. The smallest absolute Gasteiger partial charge is 0.115 e. The number of nitrogens with one attached hydrogen (secondary N) is 1. The normalized spacial score (nSPS) is 15.8. The zero-order chi connectivity index (χ0) is 14.8. The van der Waals surface area contributed by atoms with Gasteiger partial charge in [-0.05, 0) is 56.3 Å². The zero-order valence-corrected chi connectivity index (χ0v) is 15.0. The molecule has 1 unspecified atom stereocenters. The molecule has 1 aromatic carbocycles. The van der Waals surface area contributed by atoms with Gasteiger partial charge in [0.05, 0.1) is 11.7 Å². The van der Waals surface area contributed by atoms with Crippen molar-refractivity contribution in [2.45, 2.75) is 45.6 Å². The Labute approximate surface area is 139 Å². The average Bonchev–Trinajstić information content (AvgIpc) is 2.91. The highest BCUT2D eigenvalue weighted by molar-refractivity contribution is 9.10. The third-order valence-corrected chi connectivity index (χ3v) is 6.12. The topological polar surface area (TPSA) is 24.9 Å². The molecule has 3 rings (SSSR count). The molecule has 0 saturated heterocycles. The summed E-state index contributed by atoms with van der Waals surface area (Å²) in [6.45, 7) is 5.22. The summed E-state index contributed by atoms with van der Waals surface area (Å²) >= 11 is 5.55. The van der Waals surface area contributed by atoms with E-state index in [1.54, 1.807) is 0 Å². The predicted octanol–water partition coefficient (Wildman–Crippen LogP) is 4.79. The van der Waals surface area contributed by atoms with Crippen molar-refractivity contribution in [3.8, 4) is 0 Å². The van der Waals surface area contributed by atoms with Crippen LogP contribution in [0.3, 0.4) is 0 Å². The van der Waals surface area contributed by atoms with Gasteiger partial charge in [0.15, 0.2) is 0 Å². The van der Waals surface area contributed by atoms with E-state index in [1.807, 2.05) is 11.3 Å². The number of hydrogen-bond donors (Lipinski definition) is 1. The first-order valence-corrected chi connectivity index (χ1v) is 9.28. The number of thiazole rings is 1. The van der Waals surface area contributed by atoms with Gasteiger partial charge in [-0.3, -0.25) is 0 Å². The number of hydrogen-bond acceptors (Lipinski definition) is 3. The molecule has 1 aromatic heterocycles. The number of aryl methyl sites for hydroxylation is 3. The summed E-state index contributed by atoms with van der Waals surface area (Å²) in [5, 5.41) is 4.82. The monoisotopic (exact) mass is 364 g/mol. The lowest BCUT2D eigenvalue weighted by Gasteiger charge is -2.16. The summed E-state index contributed by atoms with van der Waals surface area (Å²) in [6.07, 6.45) is 4.97. The Morgan fingerprint density at radius 3 is 2.86 bits per heavy atom. The Morgan fingerprint density at radius 1 is 1.33 bits per heavy atom. The lowest BCUT2D eigenvalue weighted by molar-refractivity contribution is 0.620. The minimum Gasteiger partial charge on any atom is -0.305 e. The van der Waals surface area contributed by atoms with Crippen LogP contribution >= 0.6 is 27.3 Å². The number of rotatable bonds is 4. The molecular weight excluding hydrogens is 344 g/mol. The van der Waals surface area contributed by atoms with E-state index in [4.69, 9.17) is 4.98 Å². The van der Waals surface area contributed by atoms with Gasteiger partial charge in [-0.15, -0.1) is 11.3 Å². The maximum absolute atomic E-state index is 4.94. The fraction of sp³-hybridized carbons (Fsp3) is 0.471. The molecule has 4 heteroatoms. The molecule has 0 spiro atoms. The first kappa shape index (κ1) is 15.2. The van der Waals surface area contributed by atoms with E-state index in [-0.39, 0.29) is 6.04 Å². The van der Waals surface area contributed by atoms with Crippen molar-refractivity contribution in [3.63, 3.8) is 0 Å². The van der Waals surface area contributed by atoms with Crippen molar-refractivity contribution in [1.82, 2.24) is 10.3 Å². The van der Waals surface area contributed by atoms with Gasteiger partial charge >= 0.3 is 0 Å². The van der Waals surface area contributed by atoms with Gasteiger partial charge in [-0.1, -0.05) is 35.0 Å². The van der Waals surface area contributed by atoms with Crippen LogP contribution in [-0.4, -0.2) is 11.5 Å². The van der Waals surface area contributed by atoms with Crippen molar-refractivity contribution < 1.29 is 0 Å².